The fourth-order valence-electron chi connectivity index (χ4n) is 2.92. The van der Waals surface area contributed by atoms with Crippen LogP contribution in [0.25, 0.3) is 5.69 Å². The molecule has 1 aromatic heterocycles. The number of carbonyl (C=O) groups is 1. The summed E-state index contributed by atoms with van der Waals surface area (Å²) >= 11 is 9.41. The first-order chi connectivity index (χ1) is 14.0. The molecule has 0 aliphatic heterocycles. The van der Waals surface area contributed by atoms with E-state index in [1.807, 2.05) is 26.0 Å². The SMILES string of the molecule is Cc1cc(Cn2nnn(-c3ccc(Br)c(Cl)c3)c2=O)cc(C)c1OC(C)(C)C(=O)O. The summed E-state index contributed by atoms with van der Waals surface area (Å²) < 4.78 is 8.85. The maximum atomic E-state index is 12.7. The van der Waals surface area contributed by atoms with Crippen LogP contribution in [0.1, 0.15) is 30.5 Å². The Bertz CT molecular complexity index is 1160. The predicted octanol–water partition coefficient (Wildman–Crippen LogP) is 3.75. The monoisotopic (exact) mass is 494 g/mol. The molecule has 0 saturated heterocycles. The highest BCUT2D eigenvalue weighted by molar-refractivity contribution is 9.10. The normalized spacial score (nSPS) is 11.5. The van der Waals surface area contributed by atoms with Crippen molar-refractivity contribution >= 4 is 33.5 Å². The van der Waals surface area contributed by atoms with E-state index in [0.29, 0.717) is 20.9 Å². The molecule has 1 N–H and O–H groups in total. The molecule has 10 heteroatoms. The van der Waals surface area contributed by atoms with E-state index in [1.54, 1.807) is 18.2 Å². The van der Waals surface area contributed by atoms with Gasteiger partial charge in [-0.25, -0.2) is 9.59 Å². The van der Waals surface area contributed by atoms with Crippen LogP contribution < -0.4 is 10.4 Å². The zero-order valence-electron chi connectivity index (χ0n) is 16.8. The van der Waals surface area contributed by atoms with Crippen molar-refractivity contribution in [1.82, 2.24) is 19.8 Å². The van der Waals surface area contributed by atoms with Gasteiger partial charge >= 0.3 is 11.7 Å². The van der Waals surface area contributed by atoms with Gasteiger partial charge in [0.25, 0.3) is 0 Å². The van der Waals surface area contributed by atoms with Gasteiger partial charge in [0.15, 0.2) is 5.60 Å². The van der Waals surface area contributed by atoms with Gasteiger partial charge in [0, 0.05) is 4.47 Å². The van der Waals surface area contributed by atoms with Crippen molar-refractivity contribution < 1.29 is 14.6 Å². The van der Waals surface area contributed by atoms with Gasteiger partial charge in [0.2, 0.25) is 0 Å². The van der Waals surface area contributed by atoms with Crippen molar-refractivity contribution in [3.8, 4) is 11.4 Å². The number of benzene rings is 2. The number of carboxylic acid groups (broad SMARTS) is 1. The standard InChI is InChI=1S/C20H20BrClN4O4/c1-11-7-13(8-12(2)17(11)30-20(3,4)18(27)28)10-25-19(29)26(24-23-25)14-5-6-15(21)16(22)9-14/h5-9H,10H2,1-4H3,(H,27,28). The zero-order valence-corrected chi connectivity index (χ0v) is 19.2. The van der Waals surface area contributed by atoms with Crippen LogP contribution in [0, 0.1) is 13.8 Å². The summed E-state index contributed by atoms with van der Waals surface area (Å²) in [6, 6.07) is 8.73. The topological polar surface area (TPSA) is 99.2 Å². The van der Waals surface area contributed by atoms with Gasteiger partial charge in [-0.1, -0.05) is 23.7 Å². The molecule has 30 heavy (non-hydrogen) atoms. The summed E-state index contributed by atoms with van der Waals surface area (Å²) in [4.78, 5) is 24.1. The number of carboxylic acids is 1. The van der Waals surface area contributed by atoms with Crippen LogP contribution in [-0.2, 0) is 11.3 Å². The van der Waals surface area contributed by atoms with E-state index in [0.717, 1.165) is 16.7 Å². The number of aliphatic carboxylic acids is 1. The van der Waals surface area contributed by atoms with E-state index in [-0.39, 0.29) is 6.54 Å². The highest BCUT2D eigenvalue weighted by Crippen LogP contribution is 2.29. The number of aromatic nitrogens is 4. The molecule has 2 aromatic carbocycles. The molecule has 0 aliphatic carbocycles. The lowest BCUT2D eigenvalue weighted by atomic mass is 10.0. The number of halogens is 2. The van der Waals surface area contributed by atoms with Crippen LogP contribution in [0.15, 0.2) is 39.6 Å². The second-order valence-electron chi connectivity index (χ2n) is 7.41. The first-order valence-corrected chi connectivity index (χ1v) is 10.2. The van der Waals surface area contributed by atoms with Gasteiger partial charge in [-0.2, -0.15) is 9.36 Å². The van der Waals surface area contributed by atoms with Crippen molar-refractivity contribution in [3.63, 3.8) is 0 Å². The number of aryl methyl sites for hydroxylation is 2. The average molecular weight is 496 g/mol. The Labute approximate surface area is 186 Å². The maximum Gasteiger partial charge on any atom is 0.368 e. The maximum absolute atomic E-state index is 12.7. The number of hydrogen-bond acceptors (Lipinski definition) is 5. The molecule has 0 saturated carbocycles. The number of hydrogen-bond donors (Lipinski definition) is 1. The third-order valence-electron chi connectivity index (χ3n) is 4.51. The minimum Gasteiger partial charge on any atom is -0.478 e. The Balaban J connectivity index is 1.89. The molecule has 0 amide bonds. The quantitative estimate of drug-likeness (QED) is 0.559. The van der Waals surface area contributed by atoms with E-state index in [2.05, 4.69) is 26.4 Å². The highest BCUT2D eigenvalue weighted by Gasteiger charge is 2.30. The molecule has 0 spiro atoms. The molecule has 0 radical (unpaired) electrons. The molecule has 3 aromatic rings. The third-order valence-corrected chi connectivity index (χ3v) is 5.74. The highest BCUT2D eigenvalue weighted by atomic mass is 79.9. The minimum atomic E-state index is -1.36. The Morgan fingerprint density at radius 2 is 1.83 bits per heavy atom. The van der Waals surface area contributed by atoms with Gasteiger partial charge in [-0.05, 0) is 88.9 Å². The number of tetrazole rings is 1. The van der Waals surface area contributed by atoms with E-state index >= 15 is 0 Å². The minimum absolute atomic E-state index is 0.202. The van der Waals surface area contributed by atoms with Crippen molar-refractivity contribution in [2.45, 2.75) is 39.8 Å². The van der Waals surface area contributed by atoms with Gasteiger partial charge < -0.3 is 9.84 Å². The fraction of sp³-hybridized carbons (Fsp3) is 0.300. The van der Waals surface area contributed by atoms with Gasteiger partial charge in [-0.15, -0.1) is 0 Å². The van der Waals surface area contributed by atoms with Crippen LogP contribution >= 0.6 is 27.5 Å². The van der Waals surface area contributed by atoms with E-state index in [4.69, 9.17) is 16.3 Å². The zero-order chi connectivity index (χ0) is 22.2. The lowest BCUT2D eigenvalue weighted by molar-refractivity contribution is -0.152. The van der Waals surface area contributed by atoms with E-state index in [1.165, 1.54) is 23.2 Å². The Morgan fingerprint density at radius 1 is 1.20 bits per heavy atom. The van der Waals surface area contributed by atoms with Gasteiger partial charge in [0.05, 0.1) is 17.3 Å². The first kappa shape index (κ1) is 22.0. The summed E-state index contributed by atoms with van der Waals surface area (Å²) in [7, 11) is 0. The molecule has 0 bridgehead atoms. The largest absolute Gasteiger partial charge is 0.478 e. The number of ether oxygens (including phenoxy) is 1. The molecule has 3 rings (SSSR count). The van der Waals surface area contributed by atoms with Crippen LogP contribution in [-0.4, -0.2) is 36.5 Å². The van der Waals surface area contributed by atoms with Crippen molar-refractivity contribution in [2.24, 2.45) is 0 Å². The second kappa shape index (κ2) is 8.23. The Morgan fingerprint density at radius 3 is 2.40 bits per heavy atom. The van der Waals surface area contributed by atoms with Gasteiger partial charge in [-0.3, -0.25) is 0 Å². The molecular weight excluding hydrogens is 476 g/mol. The van der Waals surface area contributed by atoms with E-state index < -0.39 is 17.3 Å². The summed E-state index contributed by atoms with van der Waals surface area (Å²) in [5.74, 6) is -0.548. The van der Waals surface area contributed by atoms with Crippen LogP contribution in [0.5, 0.6) is 5.75 Å². The fourth-order valence-corrected chi connectivity index (χ4v) is 3.34. The molecule has 8 nitrogen and oxygen atoms in total. The molecule has 0 fully saturated rings. The van der Waals surface area contributed by atoms with Crippen molar-refractivity contribution in [3.05, 3.63) is 67.0 Å². The first-order valence-electron chi connectivity index (χ1n) is 9.00. The van der Waals surface area contributed by atoms with Crippen molar-refractivity contribution in [2.75, 3.05) is 0 Å². The lowest BCUT2D eigenvalue weighted by Crippen LogP contribution is -2.38. The Kier molecular flexibility index (Phi) is 6.05. The number of rotatable bonds is 6. The Hall–Kier alpha value is -2.65. The number of nitrogens with zero attached hydrogens (tertiary/aromatic N) is 4. The lowest BCUT2D eigenvalue weighted by Gasteiger charge is -2.24. The van der Waals surface area contributed by atoms with Gasteiger partial charge in [0.1, 0.15) is 5.75 Å². The molecule has 0 atom stereocenters. The summed E-state index contributed by atoms with van der Waals surface area (Å²) in [5, 5.41) is 17.7. The summed E-state index contributed by atoms with van der Waals surface area (Å²) in [6.07, 6.45) is 0. The smallest absolute Gasteiger partial charge is 0.368 e. The second-order valence-corrected chi connectivity index (χ2v) is 8.67. The molecule has 1 heterocycles. The molecule has 0 aliphatic rings. The van der Waals surface area contributed by atoms with Crippen LogP contribution in [0.2, 0.25) is 5.02 Å². The third kappa shape index (κ3) is 4.41. The van der Waals surface area contributed by atoms with Crippen LogP contribution in [0.4, 0.5) is 0 Å². The van der Waals surface area contributed by atoms with Crippen LogP contribution in [0.3, 0.4) is 0 Å². The summed E-state index contributed by atoms with van der Waals surface area (Å²) in [5.41, 5.74) is 1.08. The average Bonchev–Trinajstić information content (AvgIpc) is 3.01. The summed E-state index contributed by atoms with van der Waals surface area (Å²) in [6.45, 7) is 6.84. The predicted molar refractivity (Wildman–Crippen MR) is 116 cm³/mol. The van der Waals surface area contributed by atoms with Crippen molar-refractivity contribution in [1.29, 1.82) is 0 Å². The molecule has 158 valence electrons. The molecule has 0 unspecified atom stereocenters. The molecular formula is C20H20BrClN4O4. The van der Waals surface area contributed by atoms with E-state index in [9.17, 15) is 14.7 Å².